The van der Waals surface area contributed by atoms with Gasteiger partial charge in [-0.1, -0.05) is 0 Å². The maximum atomic E-state index is 12.1. The summed E-state index contributed by atoms with van der Waals surface area (Å²) < 4.78 is 36.2. The quantitative estimate of drug-likeness (QED) is 0.645. The minimum absolute atomic E-state index is 0.00741. The van der Waals surface area contributed by atoms with Gasteiger partial charge in [0, 0.05) is 6.92 Å². The molecule has 0 N–H and O–H groups in total. The zero-order chi connectivity index (χ0) is 10.2. The maximum Gasteiger partial charge on any atom is 0.433 e. The molecule has 0 saturated heterocycles. The van der Waals surface area contributed by atoms with Gasteiger partial charge in [-0.15, -0.1) is 0 Å². The van der Waals surface area contributed by atoms with Gasteiger partial charge >= 0.3 is 6.18 Å². The molecule has 0 bridgehead atoms. The summed E-state index contributed by atoms with van der Waals surface area (Å²) in [6.07, 6.45) is -4.51. The predicted octanol–water partition coefficient (Wildman–Crippen LogP) is 2.98. The van der Waals surface area contributed by atoms with Crippen LogP contribution < -0.4 is 0 Å². The van der Waals surface area contributed by atoms with Crippen molar-refractivity contribution >= 4 is 15.9 Å². The first-order valence-corrected chi connectivity index (χ1v) is 3.90. The van der Waals surface area contributed by atoms with Crippen LogP contribution in [0.5, 0.6) is 0 Å². The standard InChI is InChI=1S/C8H3BrF3N/c1-4-3-6(8(10,11)12)13-7(9)5(4)2/h1-3H. The number of hydrogen-bond donors (Lipinski definition) is 0. The molecular weight excluding hydrogens is 247 g/mol. The summed E-state index contributed by atoms with van der Waals surface area (Å²) in [5.74, 6) is 0. The summed E-state index contributed by atoms with van der Waals surface area (Å²) in [6.45, 7) is 10.5. The molecule has 4 radical (unpaired) electrons. The van der Waals surface area contributed by atoms with Crippen molar-refractivity contribution in [2.45, 2.75) is 6.18 Å². The first kappa shape index (κ1) is 10.5. The third-order valence-electron chi connectivity index (χ3n) is 1.33. The molecule has 0 fully saturated rings. The molecule has 5 heteroatoms. The Labute approximate surface area is 82.1 Å². The zero-order valence-electron chi connectivity index (χ0n) is 6.19. The minimum Gasteiger partial charge on any atom is -0.236 e. The molecule has 0 amide bonds. The molecule has 1 aromatic rings. The summed E-state index contributed by atoms with van der Waals surface area (Å²) in [5.41, 5.74) is -1.20. The Morgan fingerprint density at radius 2 is 1.85 bits per heavy atom. The smallest absolute Gasteiger partial charge is 0.236 e. The average molecular weight is 250 g/mol. The number of hydrogen-bond acceptors (Lipinski definition) is 1. The number of nitrogens with zero attached hydrogens (tertiary/aromatic N) is 1. The molecule has 0 atom stereocenters. The van der Waals surface area contributed by atoms with Gasteiger partial charge in [0.2, 0.25) is 0 Å². The van der Waals surface area contributed by atoms with E-state index in [4.69, 9.17) is 13.8 Å². The van der Waals surface area contributed by atoms with Crippen molar-refractivity contribution in [3.8, 4) is 0 Å². The average Bonchev–Trinajstić information content (AvgIpc) is 1.97. The summed E-state index contributed by atoms with van der Waals surface area (Å²) in [7, 11) is 0. The van der Waals surface area contributed by atoms with Crippen molar-refractivity contribution in [3.63, 3.8) is 0 Å². The van der Waals surface area contributed by atoms with E-state index in [1.807, 2.05) is 0 Å². The van der Waals surface area contributed by atoms with Crippen LogP contribution in [0, 0.1) is 13.8 Å². The number of aromatic nitrogens is 1. The Hall–Kier alpha value is -0.580. The second kappa shape index (κ2) is 3.29. The van der Waals surface area contributed by atoms with Crippen LogP contribution in [-0.2, 0) is 6.18 Å². The topological polar surface area (TPSA) is 12.9 Å². The van der Waals surface area contributed by atoms with Crippen LogP contribution in [0.15, 0.2) is 10.7 Å². The highest BCUT2D eigenvalue weighted by atomic mass is 79.9. The van der Waals surface area contributed by atoms with E-state index < -0.39 is 11.9 Å². The second-order valence-corrected chi connectivity index (χ2v) is 3.05. The Morgan fingerprint density at radius 3 is 2.23 bits per heavy atom. The van der Waals surface area contributed by atoms with Crippen molar-refractivity contribution in [2.24, 2.45) is 0 Å². The zero-order valence-corrected chi connectivity index (χ0v) is 7.78. The Kier molecular flexibility index (Phi) is 2.66. The molecule has 0 aliphatic carbocycles. The van der Waals surface area contributed by atoms with E-state index >= 15 is 0 Å². The second-order valence-electron chi connectivity index (χ2n) is 2.30. The highest BCUT2D eigenvalue weighted by Gasteiger charge is 2.33. The molecule has 0 aliphatic rings. The third kappa shape index (κ3) is 2.21. The van der Waals surface area contributed by atoms with Gasteiger partial charge in [0.25, 0.3) is 0 Å². The lowest BCUT2D eigenvalue weighted by molar-refractivity contribution is -0.141. The normalized spacial score (nSPS) is 11.8. The van der Waals surface area contributed by atoms with Gasteiger partial charge in [-0.2, -0.15) is 13.2 Å². The first-order valence-electron chi connectivity index (χ1n) is 3.11. The van der Waals surface area contributed by atoms with Crippen LogP contribution in [0.4, 0.5) is 13.2 Å². The molecule has 0 saturated carbocycles. The lowest BCUT2D eigenvalue weighted by Crippen LogP contribution is -2.09. The molecule has 1 aromatic heterocycles. The van der Waals surface area contributed by atoms with Gasteiger partial charge in [0.1, 0.15) is 10.3 Å². The molecule has 0 aromatic carbocycles. The number of alkyl halides is 3. The number of pyridine rings is 1. The van der Waals surface area contributed by atoms with Gasteiger partial charge in [0.15, 0.2) is 0 Å². The Balaban J connectivity index is 3.29. The van der Waals surface area contributed by atoms with Crippen LogP contribution in [0.2, 0.25) is 0 Å². The van der Waals surface area contributed by atoms with Crippen LogP contribution in [0.1, 0.15) is 16.8 Å². The fraction of sp³-hybridized carbons (Fsp3) is 0.125. The minimum atomic E-state index is -4.51. The Bertz CT molecular complexity index is 310. The van der Waals surface area contributed by atoms with Crippen LogP contribution >= 0.6 is 15.9 Å². The van der Waals surface area contributed by atoms with Crippen LogP contribution in [0.3, 0.4) is 0 Å². The van der Waals surface area contributed by atoms with Gasteiger partial charge in [-0.05, 0) is 40.0 Å². The lowest BCUT2D eigenvalue weighted by Gasteiger charge is -2.08. The highest BCUT2D eigenvalue weighted by Crippen LogP contribution is 2.30. The van der Waals surface area contributed by atoms with Crippen molar-refractivity contribution in [1.29, 1.82) is 0 Å². The predicted molar refractivity (Wildman–Crippen MR) is 43.7 cm³/mol. The van der Waals surface area contributed by atoms with Crippen molar-refractivity contribution in [3.05, 3.63) is 41.3 Å². The first-order chi connectivity index (χ1) is 5.82. The van der Waals surface area contributed by atoms with Crippen LogP contribution in [-0.4, -0.2) is 4.98 Å². The van der Waals surface area contributed by atoms with E-state index in [1.165, 1.54) is 0 Å². The van der Waals surface area contributed by atoms with E-state index in [0.29, 0.717) is 6.07 Å². The molecule has 0 spiro atoms. The molecule has 13 heavy (non-hydrogen) atoms. The number of halogens is 4. The van der Waals surface area contributed by atoms with E-state index in [1.54, 1.807) is 0 Å². The SMILES string of the molecule is [CH]c1cc(C(F)(F)F)nc(Br)c1[CH]. The van der Waals surface area contributed by atoms with E-state index in [2.05, 4.69) is 20.9 Å². The molecule has 68 valence electrons. The molecule has 1 rings (SSSR count). The van der Waals surface area contributed by atoms with E-state index in [-0.39, 0.29) is 15.7 Å². The van der Waals surface area contributed by atoms with Crippen LogP contribution in [0.25, 0.3) is 0 Å². The Morgan fingerprint density at radius 1 is 1.31 bits per heavy atom. The third-order valence-corrected chi connectivity index (χ3v) is 1.94. The molecule has 1 nitrogen and oxygen atoms in total. The summed E-state index contributed by atoms with van der Waals surface area (Å²) in [4.78, 5) is 3.19. The van der Waals surface area contributed by atoms with Gasteiger partial charge in [-0.3, -0.25) is 0 Å². The van der Waals surface area contributed by atoms with Gasteiger partial charge in [-0.25, -0.2) is 4.98 Å². The molecule has 1 heterocycles. The van der Waals surface area contributed by atoms with Gasteiger partial charge in [0.05, 0.1) is 0 Å². The highest BCUT2D eigenvalue weighted by molar-refractivity contribution is 9.10. The van der Waals surface area contributed by atoms with Crippen molar-refractivity contribution in [2.75, 3.05) is 0 Å². The monoisotopic (exact) mass is 249 g/mol. The molecular formula is C8H3BrF3N. The number of rotatable bonds is 0. The lowest BCUT2D eigenvalue weighted by atomic mass is 10.1. The van der Waals surface area contributed by atoms with E-state index in [0.717, 1.165) is 0 Å². The molecule has 0 aliphatic heterocycles. The summed E-state index contributed by atoms with van der Waals surface area (Å²) in [6, 6.07) is 0.695. The summed E-state index contributed by atoms with van der Waals surface area (Å²) in [5, 5.41) is 0. The van der Waals surface area contributed by atoms with Crippen molar-refractivity contribution in [1.82, 2.24) is 4.98 Å². The summed E-state index contributed by atoms with van der Waals surface area (Å²) >= 11 is 2.77. The van der Waals surface area contributed by atoms with E-state index in [9.17, 15) is 13.2 Å². The maximum absolute atomic E-state index is 12.1. The van der Waals surface area contributed by atoms with Crippen molar-refractivity contribution < 1.29 is 13.2 Å². The van der Waals surface area contributed by atoms with Gasteiger partial charge < -0.3 is 0 Å². The fourth-order valence-corrected chi connectivity index (χ4v) is 1.11. The largest absolute Gasteiger partial charge is 0.433 e. The fourth-order valence-electron chi connectivity index (χ4n) is 0.688. The molecule has 0 unspecified atom stereocenters.